The topological polar surface area (TPSA) is 60.2 Å². The third-order valence-electron chi connectivity index (χ3n) is 3.22. The van der Waals surface area contributed by atoms with E-state index < -0.39 is 0 Å². The van der Waals surface area contributed by atoms with E-state index in [2.05, 4.69) is 15.3 Å². The van der Waals surface area contributed by atoms with E-state index in [-0.39, 0.29) is 0 Å². The Hall–Kier alpha value is -2.24. The van der Waals surface area contributed by atoms with E-state index in [4.69, 9.17) is 9.15 Å². The summed E-state index contributed by atoms with van der Waals surface area (Å²) in [5.41, 5.74) is 2.71. The molecule has 0 fully saturated rings. The van der Waals surface area contributed by atoms with Gasteiger partial charge in [-0.1, -0.05) is 18.2 Å². The maximum Gasteiger partial charge on any atom is 0.163 e. The number of methoxy groups -OCH3 is 1. The van der Waals surface area contributed by atoms with Gasteiger partial charge in [-0.3, -0.25) is 0 Å². The van der Waals surface area contributed by atoms with Crippen LogP contribution < -0.4 is 5.32 Å². The number of benzene rings is 1. The van der Waals surface area contributed by atoms with E-state index in [0.717, 1.165) is 28.8 Å². The minimum absolute atomic E-state index is 0.685. The number of nitrogens with one attached hydrogen (secondary N) is 1. The SMILES string of the molecule is COCCNCc1ccnc(-c2coc3ccccc23)n1. The van der Waals surface area contributed by atoms with Crippen molar-refractivity contribution in [1.29, 1.82) is 0 Å². The molecule has 0 aliphatic carbocycles. The molecule has 3 aromatic rings. The second-order valence-corrected chi connectivity index (χ2v) is 4.69. The lowest BCUT2D eigenvalue weighted by Crippen LogP contribution is -2.19. The molecule has 0 amide bonds. The Morgan fingerprint density at radius 2 is 2.14 bits per heavy atom. The molecule has 108 valence electrons. The van der Waals surface area contributed by atoms with Crippen LogP contribution in [-0.4, -0.2) is 30.2 Å². The van der Waals surface area contributed by atoms with Crippen LogP contribution in [0.1, 0.15) is 5.69 Å². The average Bonchev–Trinajstić information content (AvgIpc) is 2.96. The summed E-state index contributed by atoms with van der Waals surface area (Å²) >= 11 is 0. The maximum absolute atomic E-state index is 5.54. The molecule has 0 saturated heterocycles. The van der Waals surface area contributed by atoms with Crippen molar-refractivity contribution in [1.82, 2.24) is 15.3 Å². The Balaban J connectivity index is 1.82. The average molecular weight is 283 g/mol. The van der Waals surface area contributed by atoms with Gasteiger partial charge in [0.05, 0.1) is 17.9 Å². The highest BCUT2D eigenvalue weighted by Crippen LogP contribution is 2.27. The van der Waals surface area contributed by atoms with E-state index in [9.17, 15) is 0 Å². The minimum atomic E-state index is 0.685. The molecule has 1 N–H and O–H groups in total. The van der Waals surface area contributed by atoms with Gasteiger partial charge < -0.3 is 14.5 Å². The summed E-state index contributed by atoms with van der Waals surface area (Å²) in [6.07, 6.45) is 3.49. The fourth-order valence-electron chi connectivity index (χ4n) is 2.17. The first kappa shape index (κ1) is 13.7. The van der Waals surface area contributed by atoms with Gasteiger partial charge in [-0.15, -0.1) is 0 Å². The monoisotopic (exact) mass is 283 g/mol. The Kier molecular flexibility index (Phi) is 4.23. The molecule has 21 heavy (non-hydrogen) atoms. The number of aromatic nitrogens is 2. The van der Waals surface area contributed by atoms with Crippen molar-refractivity contribution in [3.05, 3.63) is 48.5 Å². The van der Waals surface area contributed by atoms with Crippen LogP contribution in [-0.2, 0) is 11.3 Å². The summed E-state index contributed by atoms with van der Waals surface area (Å²) in [4.78, 5) is 8.94. The third kappa shape index (κ3) is 3.09. The van der Waals surface area contributed by atoms with Crippen LogP contribution in [0.2, 0.25) is 0 Å². The lowest BCUT2D eigenvalue weighted by atomic mass is 10.1. The zero-order valence-corrected chi connectivity index (χ0v) is 11.9. The summed E-state index contributed by atoms with van der Waals surface area (Å²) in [6.45, 7) is 2.17. The highest BCUT2D eigenvalue weighted by Gasteiger charge is 2.10. The first-order valence-electron chi connectivity index (χ1n) is 6.86. The summed E-state index contributed by atoms with van der Waals surface area (Å²) in [5.74, 6) is 0.686. The van der Waals surface area contributed by atoms with Crippen LogP contribution in [0.3, 0.4) is 0 Å². The summed E-state index contributed by atoms with van der Waals surface area (Å²) in [7, 11) is 1.69. The van der Waals surface area contributed by atoms with Gasteiger partial charge in [0.15, 0.2) is 5.82 Å². The second-order valence-electron chi connectivity index (χ2n) is 4.69. The van der Waals surface area contributed by atoms with Gasteiger partial charge >= 0.3 is 0 Å². The Morgan fingerprint density at radius 1 is 1.24 bits per heavy atom. The predicted molar refractivity (Wildman–Crippen MR) is 80.8 cm³/mol. The Morgan fingerprint density at radius 3 is 3.05 bits per heavy atom. The Labute approximate surface area is 123 Å². The van der Waals surface area contributed by atoms with Crippen molar-refractivity contribution in [3.8, 4) is 11.4 Å². The smallest absolute Gasteiger partial charge is 0.163 e. The van der Waals surface area contributed by atoms with Crippen LogP contribution in [0.4, 0.5) is 0 Å². The molecule has 0 spiro atoms. The molecule has 2 aromatic heterocycles. The van der Waals surface area contributed by atoms with Crippen molar-refractivity contribution >= 4 is 11.0 Å². The van der Waals surface area contributed by atoms with Gasteiger partial charge in [0.25, 0.3) is 0 Å². The van der Waals surface area contributed by atoms with Crippen LogP contribution in [0.25, 0.3) is 22.4 Å². The number of nitrogens with zero attached hydrogens (tertiary/aromatic N) is 2. The number of para-hydroxylation sites is 1. The summed E-state index contributed by atoms with van der Waals surface area (Å²) in [5, 5.41) is 4.30. The van der Waals surface area contributed by atoms with Crippen molar-refractivity contribution in [2.45, 2.75) is 6.54 Å². The van der Waals surface area contributed by atoms with Gasteiger partial charge in [-0.2, -0.15) is 0 Å². The van der Waals surface area contributed by atoms with Gasteiger partial charge in [0.1, 0.15) is 11.8 Å². The minimum Gasteiger partial charge on any atom is -0.464 e. The molecule has 0 unspecified atom stereocenters. The quantitative estimate of drug-likeness (QED) is 0.705. The standard InChI is InChI=1S/C16H17N3O2/c1-20-9-8-17-10-12-6-7-18-16(19-12)14-11-21-15-5-3-2-4-13(14)15/h2-7,11,17H,8-10H2,1H3. The van der Waals surface area contributed by atoms with Gasteiger partial charge in [0, 0.05) is 31.8 Å². The molecule has 5 nitrogen and oxygen atoms in total. The van der Waals surface area contributed by atoms with Crippen molar-refractivity contribution in [3.63, 3.8) is 0 Å². The van der Waals surface area contributed by atoms with E-state index in [1.54, 1.807) is 19.6 Å². The fourth-order valence-corrected chi connectivity index (χ4v) is 2.17. The van der Waals surface area contributed by atoms with Gasteiger partial charge in [-0.05, 0) is 12.1 Å². The molecular formula is C16H17N3O2. The number of ether oxygens (including phenoxy) is 1. The molecular weight excluding hydrogens is 266 g/mol. The Bertz CT molecular complexity index is 724. The van der Waals surface area contributed by atoms with E-state index in [0.29, 0.717) is 19.0 Å². The van der Waals surface area contributed by atoms with Crippen molar-refractivity contribution < 1.29 is 9.15 Å². The van der Waals surface area contributed by atoms with Crippen molar-refractivity contribution in [2.75, 3.05) is 20.3 Å². The van der Waals surface area contributed by atoms with Crippen LogP contribution in [0.5, 0.6) is 0 Å². The van der Waals surface area contributed by atoms with E-state index >= 15 is 0 Å². The number of hydrogen-bond donors (Lipinski definition) is 1. The second kappa shape index (κ2) is 6.47. The number of furan rings is 1. The molecule has 5 heteroatoms. The summed E-state index contributed by atoms with van der Waals surface area (Å²) in [6, 6.07) is 9.80. The first-order chi connectivity index (χ1) is 10.4. The zero-order valence-electron chi connectivity index (χ0n) is 11.9. The zero-order chi connectivity index (χ0) is 14.5. The molecule has 0 atom stereocenters. The maximum atomic E-state index is 5.54. The first-order valence-corrected chi connectivity index (χ1v) is 6.86. The number of hydrogen-bond acceptors (Lipinski definition) is 5. The molecule has 0 radical (unpaired) electrons. The lowest BCUT2D eigenvalue weighted by molar-refractivity contribution is 0.199. The number of fused-ring (bicyclic) bond motifs is 1. The third-order valence-corrected chi connectivity index (χ3v) is 3.22. The normalized spacial score (nSPS) is 11.1. The van der Waals surface area contributed by atoms with Crippen LogP contribution >= 0.6 is 0 Å². The van der Waals surface area contributed by atoms with E-state index in [1.165, 1.54) is 0 Å². The molecule has 3 rings (SSSR count). The molecule has 1 aromatic carbocycles. The summed E-state index contributed by atoms with van der Waals surface area (Å²) < 4.78 is 10.5. The molecule has 0 bridgehead atoms. The highest BCUT2D eigenvalue weighted by atomic mass is 16.5. The molecule has 0 saturated carbocycles. The van der Waals surface area contributed by atoms with E-state index in [1.807, 2.05) is 30.3 Å². The largest absolute Gasteiger partial charge is 0.464 e. The molecule has 0 aliphatic heterocycles. The molecule has 0 aliphatic rings. The number of rotatable bonds is 6. The van der Waals surface area contributed by atoms with Crippen molar-refractivity contribution in [2.24, 2.45) is 0 Å². The predicted octanol–water partition coefficient (Wildman–Crippen LogP) is 2.63. The molecule has 2 heterocycles. The van der Waals surface area contributed by atoms with Gasteiger partial charge in [-0.25, -0.2) is 9.97 Å². The fraction of sp³-hybridized carbons (Fsp3) is 0.250. The lowest BCUT2D eigenvalue weighted by Gasteiger charge is -2.04. The highest BCUT2D eigenvalue weighted by molar-refractivity contribution is 5.91. The van der Waals surface area contributed by atoms with Crippen LogP contribution in [0, 0.1) is 0 Å². The van der Waals surface area contributed by atoms with Crippen LogP contribution in [0.15, 0.2) is 47.2 Å². The van der Waals surface area contributed by atoms with Gasteiger partial charge in [0.2, 0.25) is 0 Å².